The van der Waals surface area contributed by atoms with Gasteiger partial charge in [0.1, 0.15) is 17.6 Å². The average Bonchev–Trinajstić information content (AvgIpc) is 3.81. The lowest BCUT2D eigenvalue weighted by Gasteiger charge is -2.30. The van der Waals surface area contributed by atoms with Gasteiger partial charge in [-0.3, -0.25) is 39.1 Å². The lowest BCUT2D eigenvalue weighted by atomic mass is 9.99. The normalized spacial score (nSPS) is 17.1. The molecule has 3 aliphatic heterocycles. The smallest absolute Gasteiger partial charge is 0.269 e. The van der Waals surface area contributed by atoms with Gasteiger partial charge in [-0.2, -0.15) is 5.10 Å². The van der Waals surface area contributed by atoms with Crippen LogP contribution in [0.25, 0.3) is 44.2 Å². The van der Waals surface area contributed by atoms with Crippen LogP contribution in [0.15, 0.2) is 67.0 Å². The zero-order valence-electron chi connectivity index (χ0n) is 33.0. The number of piperidine rings is 1. The maximum atomic E-state index is 13.0. The molecule has 9 rings (SSSR count). The van der Waals surface area contributed by atoms with Crippen LogP contribution >= 0.6 is 0 Å². The van der Waals surface area contributed by atoms with Gasteiger partial charge in [0.15, 0.2) is 0 Å². The average molecular weight is 790 g/mol. The molecule has 2 saturated heterocycles. The summed E-state index contributed by atoms with van der Waals surface area (Å²) in [4.78, 5) is 66.1. The van der Waals surface area contributed by atoms with Crippen molar-refractivity contribution < 1.29 is 23.9 Å². The molecule has 0 bridgehead atoms. The Kier molecular flexibility index (Phi) is 10.2. The molecule has 4 amide bonds. The number of rotatable bonds is 7. The Bertz CT molecular complexity index is 2720. The predicted molar refractivity (Wildman–Crippen MR) is 220 cm³/mol. The molecule has 14 heteroatoms. The minimum Gasteiger partial charge on any atom is -0.381 e. The Labute approximate surface area is 340 Å². The number of carbonyl (C=O) groups is 4. The van der Waals surface area contributed by atoms with Crippen LogP contribution in [0.2, 0.25) is 0 Å². The third kappa shape index (κ3) is 7.34. The summed E-state index contributed by atoms with van der Waals surface area (Å²) in [5, 5.41) is 12.8. The molecule has 7 heterocycles. The molecule has 2 aromatic carbocycles. The first kappa shape index (κ1) is 37.8. The number of benzene rings is 2. The standard InChI is InChI=1S/C45H43N9O5/c1-27-41-29(8-6-11-37(41)54(51-27)38-14-15-40(56)49-45(38)58)7-3-4-18-46-44(57)35-13-12-32(24-47-35)36-23-31-9-5-10-33(34(31)25-48-36)42-39-26-52(28(2)55)19-20-53(39)43(50-42)30-16-21-59-22-17-30/h5-6,8-13,23-25,30,38H,4,14-22,26H2,1-2H3,(H,46,57)(H,49,56,58). The molecule has 0 aliphatic carbocycles. The highest BCUT2D eigenvalue weighted by Gasteiger charge is 2.32. The summed E-state index contributed by atoms with van der Waals surface area (Å²) >= 11 is 0. The summed E-state index contributed by atoms with van der Waals surface area (Å²) < 4.78 is 9.67. The van der Waals surface area contributed by atoms with Crippen LogP contribution < -0.4 is 10.6 Å². The van der Waals surface area contributed by atoms with Crippen molar-refractivity contribution in [1.82, 2.24) is 44.8 Å². The molecule has 1 atom stereocenters. The summed E-state index contributed by atoms with van der Waals surface area (Å²) in [7, 11) is 0. The van der Waals surface area contributed by atoms with Gasteiger partial charge in [0, 0.05) is 98.4 Å². The number of imide groups is 1. The summed E-state index contributed by atoms with van der Waals surface area (Å²) in [6, 6.07) is 16.9. The molecular formula is C45H43N9O5. The first-order chi connectivity index (χ1) is 28.7. The van der Waals surface area contributed by atoms with Crippen molar-refractivity contribution in [2.45, 2.75) is 71.0 Å². The van der Waals surface area contributed by atoms with E-state index in [1.165, 1.54) is 0 Å². The zero-order chi connectivity index (χ0) is 40.6. The number of hydrogen-bond donors (Lipinski definition) is 2. The van der Waals surface area contributed by atoms with Crippen LogP contribution in [0.3, 0.4) is 0 Å². The number of fused-ring (bicyclic) bond motifs is 3. The molecule has 0 saturated carbocycles. The predicted octanol–water partition coefficient (Wildman–Crippen LogP) is 5.22. The molecule has 2 fully saturated rings. The van der Waals surface area contributed by atoms with Crippen LogP contribution in [-0.2, 0) is 32.2 Å². The Hall–Kier alpha value is -6.72. The fraction of sp³-hybridized carbons (Fsp3) is 0.333. The number of amides is 4. The van der Waals surface area contributed by atoms with Gasteiger partial charge in [0.25, 0.3) is 11.8 Å². The maximum Gasteiger partial charge on any atom is 0.269 e. The summed E-state index contributed by atoms with van der Waals surface area (Å²) in [6.45, 7) is 7.19. The second-order valence-corrected chi connectivity index (χ2v) is 15.3. The Morgan fingerprint density at radius 1 is 1.00 bits per heavy atom. The van der Waals surface area contributed by atoms with E-state index in [9.17, 15) is 19.2 Å². The zero-order valence-corrected chi connectivity index (χ0v) is 33.0. The van der Waals surface area contributed by atoms with Crippen LogP contribution in [0, 0.1) is 18.8 Å². The summed E-state index contributed by atoms with van der Waals surface area (Å²) in [5.74, 6) is 6.88. The SMILES string of the molecule is CC(=O)N1CCn2c(C3CCOCC3)nc(-c3cccc4cc(-c5ccc(C(=O)NCCC#Cc6cccc7c6c(C)nn7C6CCC(=O)NC6=O)nc5)ncc34)c2C1. The molecule has 0 spiro atoms. The van der Waals surface area contributed by atoms with Gasteiger partial charge >= 0.3 is 0 Å². The number of carbonyl (C=O) groups excluding carboxylic acids is 4. The fourth-order valence-electron chi connectivity index (χ4n) is 8.48. The van der Waals surface area contributed by atoms with Crippen LogP contribution in [0.1, 0.15) is 84.3 Å². The van der Waals surface area contributed by atoms with Crippen molar-refractivity contribution >= 4 is 45.3 Å². The molecule has 14 nitrogen and oxygen atoms in total. The third-order valence-corrected chi connectivity index (χ3v) is 11.6. The molecule has 59 heavy (non-hydrogen) atoms. The molecule has 4 aromatic heterocycles. The van der Waals surface area contributed by atoms with Crippen molar-refractivity contribution in [1.29, 1.82) is 0 Å². The number of imidazole rings is 1. The number of aromatic nitrogens is 6. The second-order valence-electron chi connectivity index (χ2n) is 15.3. The molecular weight excluding hydrogens is 747 g/mol. The minimum atomic E-state index is -0.555. The van der Waals surface area contributed by atoms with E-state index in [0.717, 1.165) is 99.6 Å². The fourth-order valence-corrected chi connectivity index (χ4v) is 8.48. The van der Waals surface area contributed by atoms with Crippen LogP contribution in [0.4, 0.5) is 0 Å². The number of aryl methyl sites for hydroxylation is 1. The first-order valence-corrected chi connectivity index (χ1v) is 20.1. The van der Waals surface area contributed by atoms with Gasteiger partial charge < -0.3 is 19.5 Å². The van der Waals surface area contributed by atoms with Crippen molar-refractivity contribution in [2.75, 3.05) is 26.3 Å². The number of nitrogens with one attached hydrogen (secondary N) is 2. The highest BCUT2D eigenvalue weighted by Crippen LogP contribution is 2.38. The van der Waals surface area contributed by atoms with E-state index in [-0.39, 0.29) is 35.7 Å². The van der Waals surface area contributed by atoms with E-state index in [1.807, 2.05) is 54.4 Å². The van der Waals surface area contributed by atoms with Crippen molar-refractivity contribution in [3.63, 3.8) is 0 Å². The van der Waals surface area contributed by atoms with E-state index < -0.39 is 6.04 Å². The van der Waals surface area contributed by atoms with Crippen molar-refractivity contribution in [3.8, 4) is 34.4 Å². The number of ether oxygens (including phenoxy) is 1. The van der Waals surface area contributed by atoms with Crippen LogP contribution in [0.5, 0.6) is 0 Å². The van der Waals surface area contributed by atoms with Gasteiger partial charge in [-0.05, 0) is 61.9 Å². The van der Waals surface area contributed by atoms with E-state index in [0.29, 0.717) is 38.4 Å². The van der Waals surface area contributed by atoms with E-state index >= 15 is 0 Å². The van der Waals surface area contributed by atoms with Gasteiger partial charge in [-0.1, -0.05) is 36.1 Å². The maximum absolute atomic E-state index is 13.0. The Balaban J connectivity index is 0.875. The first-order valence-electron chi connectivity index (χ1n) is 20.1. The van der Waals surface area contributed by atoms with Crippen LogP contribution in [-0.4, -0.2) is 84.1 Å². The highest BCUT2D eigenvalue weighted by molar-refractivity contribution is 6.01. The lowest BCUT2D eigenvalue weighted by molar-refractivity contribution is -0.136. The molecule has 2 N–H and O–H groups in total. The second kappa shape index (κ2) is 15.9. The molecule has 3 aliphatic rings. The summed E-state index contributed by atoms with van der Waals surface area (Å²) in [6.07, 6.45) is 6.47. The van der Waals surface area contributed by atoms with Crippen molar-refractivity contribution in [3.05, 3.63) is 95.5 Å². The highest BCUT2D eigenvalue weighted by atomic mass is 16.5. The Morgan fingerprint density at radius 3 is 2.64 bits per heavy atom. The lowest BCUT2D eigenvalue weighted by Crippen LogP contribution is -2.42. The topological polar surface area (TPSA) is 166 Å². The third-order valence-electron chi connectivity index (χ3n) is 11.6. The van der Waals surface area contributed by atoms with Gasteiger partial charge in [-0.15, -0.1) is 0 Å². The summed E-state index contributed by atoms with van der Waals surface area (Å²) in [5.41, 5.74) is 7.04. The molecule has 298 valence electrons. The minimum absolute atomic E-state index is 0.0586. The van der Waals surface area contributed by atoms with E-state index in [2.05, 4.69) is 49.3 Å². The van der Waals surface area contributed by atoms with Gasteiger partial charge in [-0.25, -0.2) is 4.98 Å². The number of nitrogens with zero attached hydrogens (tertiary/aromatic N) is 7. The van der Waals surface area contributed by atoms with Crippen molar-refractivity contribution in [2.24, 2.45) is 0 Å². The molecule has 6 aromatic rings. The number of hydrogen-bond acceptors (Lipinski definition) is 9. The van der Waals surface area contributed by atoms with E-state index in [4.69, 9.17) is 14.7 Å². The monoisotopic (exact) mass is 789 g/mol. The Morgan fingerprint density at radius 2 is 1.85 bits per heavy atom. The number of pyridine rings is 2. The molecule has 0 radical (unpaired) electrons. The molecule has 1 unspecified atom stereocenters. The van der Waals surface area contributed by atoms with E-state index in [1.54, 1.807) is 23.9 Å². The quantitative estimate of drug-likeness (QED) is 0.125. The van der Waals surface area contributed by atoms with Gasteiger partial charge in [0.2, 0.25) is 11.8 Å². The largest absolute Gasteiger partial charge is 0.381 e. The van der Waals surface area contributed by atoms with Gasteiger partial charge in [0.05, 0.1) is 34.8 Å².